The summed E-state index contributed by atoms with van der Waals surface area (Å²) in [6.07, 6.45) is -1.84. The summed E-state index contributed by atoms with van der Waals surface area (Å²) in [4.78, 5) is 1.56. The second-order valence-electron chi connectivity index (χ2n) is 5.38. The van der Waals surface area contributed by atoms with Gasteiger partial charge in [-0.25, -0.2) is 0 Å². The molecule has 1 atom stereocenters. The lowest BCUT2D eigenvalue weighted by molar-refractivity contribution is -0.152. The molecule has 2 N–H and O–H groups in total. The highest BCUT2D eigenvalue weighted by Gasteiger charge is 2.36. The summed E-state index contributed by atoms with van der Waals surface area (Å²) in [6.45, 7) is 2.12. The SMILES string of the molecule is CCCC1c2ccc(CN)cc2CCN1CC(F)(F)F. The number of nitrogens with two attached hydrogens (primary N) is 1. The van der Waals surface area contributed by atoms with Crippen molar-refractivity contribution in [3.63, 3.8) is 0 Å². The fraction of sp³-hybridized carbons (Fsp3) is 0.600. The van der Waals surface area contributed by atoms with E-state index in [2.05, 4.69) is 0 Å². The van der Waals surface area contributed by atoms with Gasteiger partial charge in [0.25, 0.3) is 0 Å². The standard InChI is InChI=1S/C15H21F3N2/c1-2-3-14-13-5-4-11(9-19)8-12(13)6-7-20(14)10-15(16,17)18/h4-5,8,14H,2-3,6-7,9-10,19H2,1H3. The van der Waals surface area contributed by atoms with E-state index in [9.17, 15) is 13.2 Å². The first-order valence-electron chi connectivity index (χ1n) is 7.07. The van der Waals surface area contributed by atoms with Crippen LogP contribution in [0.4, 0.5) is 13.2 Å². The molecule has 0 fully saturated rings. The number of benzene rings is 1. The minimum Gasteiger partial charge on any atom is -0.326 e. The summed E-state index contributed by atoms with van der Waals surface area (Å²) < 4.78 is 38.1. The van der Waals surface area contributed by atoms with Crippen LogP contribution in [-0.2, 0) is 13.0 Å². The van der Waals surface area contributed by atoms with Gasteiger partial charge in [0.15, 0.2) is 0 Å². The van der Waals surface area contributed by atoms with Gasteiger partial charge < -0.3 is 5.73 Å². The van der Waals surface area contributed by atoms with Gasteiger partial charge in [0.1, 0.15) is 0 Å². The Morgan fingerprint density at radius 1 is 1.35 bits per heavy atom. The lowest BCUT2D eigenvalue weighted by atomic mass is 9.88. The molecule has 0 aromatic heterocycles. The highest BCUT2D eigenvalue weighted by Crippen LogP contribution is 2.35. The van der Waals surface area contributed by atoms with Crippen molar-refractivity contribution >= 4 is 0 Å². The van der Waals surface area contributed by atoms with E-state index >= 15 is 0 Å². The Kier molecular flexibility index (Phi) is 4.70. The van der Waals surface area contributed by atoms with Crippen LogP contribution in [0.15, 0.2) is 18.2 Å². The second kappa shape index (κ2) is 6.14. The third kappa shape index (κ3) is 3.52. The molecule has 112 valence electrons. The number of nitrogens with zero attached hydrogens (tertiary/aromatic N) is 1. The maximum absolute atomic E-state index is 12.7. The summed E-state index contributed by atoms with van der Waals surface area (Å²) in [6, 6.07) is 5.80. The minimum absolute atomic E-state index is 0.128. The molecule has 0 amide bonds. The first kappa shape index (κ1) is 15.3. The van der Waals surface area contributed by atoms with E-state index in [0.717, 1.165) is 29.5 Å². The van der Waals surface area contributed by atoms with Crippen LogP contribution < -0.4 is 5.73 Å². The van der Waals surface area contributed by atoms with Gasteiger partial charge in [-0.1, -0.05) is 31.5 Å². The van der Waals surface area contributed by atoms with Gasteiger partial charge in [-0.3, -0.25) is 4.90 Å². The Bertz CT molecular complexity index is 457. The van der Waals surface area contributed by atoms with E-state index in [4.69, 9.17) is 5.73 Å². The predicted octanol–water partition coefficient (Wildman–Crippen LogP) is 3.41. The zero-order valence-corrected chi connectivity index (χ0v) is 11.7. The topological polar surface area (TPSA) is 29.3 Å². The van der Waals surface area contributed by atoms with Crippen LogP contribution in [0, 0.1) is 0 Å². The van der Waals surface area contributed by atoms with Crippen molar-refractivity contribution in [3.8, 4) is 0 Å². The number of fused-ring (bicyclic) bond motifs is 1. The molecule has 2 rings (SSSR count). The molecule has 1 heterocycles. The molecule has 1 aliphatic rings. The van der Waals surface area contributed by atoms with Gasteiger partial charge in [0, 0.05) is 19.1 Å². The molecule has 0 radical (unpaired) electrons. The van der Waals surface area contributed by atoms with Gasteiger partial charge in [0.05, 0.1) is 6.54 Å². The molecule has 0 aliphatic carbocycles. The largest absolute Gasteiger partial charge is 0.401 e. The van der Waals surface area contributed by atoms with Crippen molar-refractivity contribution in [2.45, 2.75) is 44.9 Å². The smallest absolute Gasteiger partial charge is 0.326 e. The first-order chi connectivity index (χ1) is 9.44. The Hall–Kier alpha value is -1.07. The summed E-state index contributed by atoms with van der Waals surface area (Å²) in [5, 5.41) is 0. The van der Waals surface area contributed by atoms with Crippen molar-refractivity contribution in [2.24, 2.45) is 5.73 Å². The maximum atomic E-state index is 12.7. The van der Waals surface area contributed by atoms with Crippen LogP contribution >= 0.6 is 0 Å². The summed E-state index contributed by atoms with van der Waals surface area (Å²) in [5.74, 6) is 0. The Morgan fingerprint density at radius 2 is 2.10 bits per heavy atom. The van der Waals surface area contributed by atoms with Crippen LogP contribution in [0.1, 0.15) is 42.5 Å². The molecule has 1 aliphatic heterocycles. The number of halogens is 3. The first-order valence-corrected chi connectivity index (χ1v) is 7.07. The van der Waals surface area contributed by atoms with Crippen LogP contribution in [0.25, 0.3) is 0 Å². The molecular weight excluding hydrogens is 265 g/mol. The highest BCUT2D eigenvalue weighted by molar-refractivity contribution is 5.36. The minimum atomic E-state index is -4.14. The van der Waals surface area contributed by atoms with E-state index in [-0.39, 0.29) is 6.04 Å². The molecular formula is C15H21F3N2. The quantitative estimate of drug-likeness (QED) is 0.919. The van der Waals surface area contributed by atoms with E-state index in [0.29, 0.717) is 19.5 Å². The van der Waals surface area contributed by atoms with Gasteiger partial charge in [-0.05, 0) is 29.5 Å². The Labute approximate surface area is 117 Å². The fourth-order valence-electron chi connectivity index (χ4n) is 2.98. The zero-order valence-electron chi connectivity index (χ0n) is 11.7. The van der Waals surface area contributed by atoms with Gasteiger partial charge >= 0.3 is 6.18 Å². The zero-order chi connectivity index (χ0) is 14.8. The molecule has 1 aromatic carbocycles. The molecule has 0 bridgehead atoms. The Balaban J connectivity index is 2.27. The average molecular weight is 286 g/mol. The second-order valence-corrected chi connectivity index (χ2v) is 5.38. The van der Waals surface area contributed by atoms with Crippen molar-refractivity contribution < 1.29 is 13.2 Å². The summed E-state index contributed by atoms with van der Waals surface area (Å²) in [5.41, 5.74) is 8.87. The van der Waals surface area contributed by atoms with Crippen molar-refractivity contribution in [2.75, 3.05) is 13.1 Å². The molecule has 20 heavy (non-hydrogen) atoms. The number of hydrogen-bond acceptors (Lipinski definition) is 2. The number of rotatable bonds is 4. The molecule has 1 aromatic rings. The van der Waals surface area contributed by atoms with E-state index in [1.807, 2.05) is 25.1 Å². The molecule has 2 nitrogen and oxygen atoms in total. The van der Waals surface area contributed by atoms with Gasteiger partial charge in [0.2, 0.25) is 0 Å². The number of alkyl halides is 3. The lowest BCUT2D eigenvalue weighted by Gasteiger charge is -2.38. The molecule has 0 saturated heterocycles. The lowest BCUT2D eigenvalue weighted by Crippen LogP contribution is -2.41. The maximum Gasteiger partial charge on any atom is 0.401 e. The molecule has 0 spiro atoms. The summed E-state index contributed by atoms with van der Waals surface area (Å²) in [7, 11) is 0. The molecule has 1 unspecified atom stereocenters. The monoisotopic (exact) mass is 286 g/mol. The molecule has 0 saturated carbocycles. The van der Waals surface area contributed by atoms with Gasteiger partial charge in [-0.2, -0.15) is 13.2 Å². The Morgan fingerprint density at radius 3 is 2.70 bits per heavy atom. The predicted molar refractivity (Wildman–Crippen MR) is 73.3 cm³/mol. The highest BCUT2D eigenvalue weighted by atomic mass is 19.4. The van der Waals surface area contributed by atoms with Crippen LogP contribution in [0.3, 0.4) is 0 Å². The van der Waals surface area contributed by atoms with E-state index < -0.39 is 12.7 Å². The molecule has 5 heteroatoms. The van der Waals surface area contributed by atoms with Crippen LogP contribution in [-0.4, -0.2) is 24.2 Å². The van der Waals surface area contributed by atoms with Gasteiger partial charge in [-0.15, -0.1) is 0 Å². The van der Waals surface area contributed by atoms with Crippen molar-refractivity contribution in [3.05, 3.63) is 34.9 Å². The van der Waals surface area contributed by atoms with Crippen molar-refractivity contribution in [1.29, 1.82) is 0 Å². The number of hydrogen-bond donors (Lipinski definition) is 1. The third-order valence-corrected chi connectivity index (χ3v) is 3.86. The fourth-order valence-corrected chi connectivity index (χ4v) is 2.98. The third-order valence-electron chi connectivity index (χ3n) is 3.86. The van der Waals surface area contributed by atoms with Crippen LogP contribution in [0.2, 0.25) is 0 Å². The average Bonchev–Trinajstić information content (AvgIpc) is 2.39. The summed E-state index contributed by atoms with van der Waals surface area (Å²) >= 11 is 0. The van der Waals surface area contributed by atoms with Crippen molar-refractivity contribution in [1.82, 2.24) is 4.90 Å². The van der Waals surface area contributed by atoms with E-state index in [1.54, 1.807) is 4.90 Å². The van der Waals surface area contributed by atoms with E-state index in [1.165, 1.54) is 0 Å². The normalized spacial score (nSPS) is 19.9. The van der Waals surface area contributed by atoms with Crippen LogP contribution in [0.5, 0.6) is 0 Å².